The molecule has 0 saturated carbocycles. The van der Waals surface area contributed by atoms with Crippen molar-refractivity contribution in [3.63, 3.8) is 0 Å². The second kappa shape index (κ2) is 8.31. The molecule has 0 bridgehead atoms. The van der Waals surface area contributed by atoms with Crippen LogP contribution in [0, 0.1) is 3.57 Å². The first-order valence-electron chi connectivity index (χ1n) is 8.33. The number of carbonyl (C=O) groups excluding carboxylic acids is 1. The number of rotatable bonds is 7. The number of benzene rings is 1. The number of hydrogen-bond donors (Lipinski definition) is 1. The van der Waals surface area contributed by atoms with Gasteiger partial charge >= 0.3 is 0 Å². The first-order chi connectivity index (χ1) is 11.7. The lowest BCUT2D eigenvalue weighted by molar-refractivity contribution is -0.149. The second-order valence-electron chi connectivity index (χ2n) is 6.07. The molecule has 1 aromatic rings. The molecule has 24 heavy (non-hydrogen) atoms. The zero-order valence-electron chi connectivity index (χ0n) is 13.5. The summed E-state index contributed by atoms with van der Waals surface area (Å²) in [6.07, 6.45) is 3.69. The van der Waals surface area contributed by atoms with Gasteiger partial charge in [0.15, 0.2) is 5.76 Å². The van der Waals surface area contributed by atoms with E-state index in [4.69, 9.17) is 14.6 Å². The van der Waals surface area contributed by atoms with Crippen LogP contribution in [0.15, 0.2) is 36.1 Å². The Morgan fingerprint density at radius 2 is 2.04 bits per heavy atom. The number of amides is 1. The number of nitrogens with zero attached hydrogens (tertiary/aromatic N) is 1. The van der Waals surface area contributed by atoms with Crippen molar-refractivity contribution in [1.29, 1.82) is 0 Å². The summed E-state index contributed by atoms with van der Waals surface area (Å²) < 4.78 is 12.8. The largest absolute Gasteiger partial charge is 0.459 e. The quantitative estimate of drug-likeness (QED) is 0.400. The summed E-state index contributed by atoms with van der Waals surface area (Å²) in [5.74, 6) is 0.459. The van der Waals surface area contributed by atoms with Crippen LogP contribution in [-0.2, 0) is 14.3 Å². The summed E-state index contributed by atoms with van der Waals surface area (Å²) in [6.45, 7) is 2.29. The molecule has 0 spiro atoms. The van der Waals surface area contributed by atoms with Crippen molar-refractivity contribution in [3.05, 3.63) is 45.2 Å². The van der Waals surface area contributed by atoms with Gasteiger partial charge in [-0.15, -0.1) is 0 Å². The monoisotopic (exact) mass is 443 g/mol. The lowest BCUT2D eigenvalue weighted by Gasteiger charge is -2.29. The third-order valence-corrected chi connectivity index (χ3v) is 4.88. The lowest BCUT2D eigenvalue weighted by Crippen LogP contribution is -2.29. The Kier molecular flexibility index (Phi) is 6.13. The van der Waals surface area contributed by atoms with E-state index in [-0.39, 0.29) is 18.4 Å². The van der Waals surface area contributed by atoms with E-state index in [2.05, 4.69) is 46.9 Å². The number of hydrogen-bond acceptors (Lipinski definition) is 4. The molecule has 2 aliphatic heterocycles. The average molecular weight is 443 g/mol. The Hall–Kier alpha value is -1.12. The van der Waals surface area contributed by atoms with Gasteiger partial charge in [-0.05, 0) is 59.2 Å². The maximum Gasteiger partial charge on any atom is 0.288 e. The van der Waals surface area contributed by atoms with Crippen LogP contribution in [0.3, 0.4) is 0 Å². The van der Waals surface area contributed by atoms with Gasteiger partial charge in [0.05, 0.1) is 6.61 Å². The molecule has 0 aromatic heterocycles. The fraction of sp³-hybridized carbons (Fsp3) is 0.500. The molecular weight excluding hydrogens is 421 g/mol. The molecule has 0 unspecified atom stereocenters. The van der Waals surface area contributed by atoms with Gasteiger partial charge in [-0.25, -0.2) is 0 Å². The summed E-state index contributed by atoms with van der Waals surface area (Å²) in [5.41, 5.74) is 1.17. The zero-order chi connectivity index (χ0) is 16.9. The van der Waals surface area contributed by atoms with Crippen molar-refractivity contribution in [2.24, 2.45) is 0 Å². The maximum atomic E-state index is 12.4. The molecule has 1 aromatic carbocycles. The van der Waals surface area contributed by atoms with E-state index in [1.54, 1.807) is 4.90 Å². The molecule has 5 nitrogen and oxygen atoms in total. The molecule has 0 aliphatic carbocycles. The molecular formula is C18H22INO4. The van der Waals surface area contributed by atoms with Crippen LogP contribution in [-0.4, -0.2) is 48.5 Å². The van der Waals surface area contributed by atoms with Gasteiger partial charge in [-0.3, -0.25) is 4.79 Å². The highest BCUT2D eigenvalue weighted by atomic mass is 127. The molecule has 1 N–H and O–H groups in total. The molecule has 2 heterocycles. The van der Waals surface area contributed by atoms with Crippen molar-refractivity contribution < 1.29 is 19.4 Å². The molecule has 1 fully saturated rings. The summed E-state index contributed by atoms with van der Waals surface area (Å²) in [7, 11) is 0. The Labute approximate surface area is 155 Å². The van der Waals surface area contributed by atoms with E-state index in [0.717, 1.165) is 19.5 Å². The number of ether oxygens (including phenoxy) is 2. The minimum Gasteiger partial charge on any atom is -0.459 e. The van der Waals surface area contributed by atoms with E-state index in [9.17, 15) is 4.79 Å². The average Bonchev–Trinajstić information content (AvgIpc) is 3.43. The smallest absolute Gasteiger partial charge is 0.288 e. The van der Waals surface area contributed by atoms with Crippen molar-refractivity contribution in [2.45, 2.75) is 31.5 Å². The maximum absolute atomic E-state index is 12.4. The highest BCUT2D eigenvalue weighted by Crippen LogP contribution is 2.33. The number of aliphatic hydroxyl groups is 1. The lowest BCUT2D eigenvalue weighted by atomic mass is 9.93. The van der Waals surface area contributed by atoms with E-state index in [1.165, 1.54) is 9.13 Å². The Morgan fingerprint density at radius 1 is 1.29 bits per heavy atom. The molecule has 2 aliphatic rings. The minimum atomic E-state index is -0.420. The zero-order valence-corrected chi connectivity index (χ0v) is 15.6. The van der Waals surface area contributed by atoms with Crippen molar-refractivity contribution in [2.75, 3.05) is 26.3 Å². The van der Waals surface area contributed by atoms with Gasteiger partial charge < -0.3 is 19.5 Å². The van der Waals surface area contributed by atoms with E-state index >= 15 is 0 Å². The van der Waals surface area contributed by atoms with Gasteiger partial charge in [0, 0.05) is 35.6 Å². The van der Waals surface area contributed by atoms with Crippen LogP contribution in [0.2, 0.25) is 0 Å². The highest BCUT2D eigenvalue weighted by molar-refractivity contribution is 14.1. The first-order valence-corrected chi connectivity index (χ1v) is 9.41. The van der Waals surface area contributed by atoms with Crippen LogP contribution in [0.5, 0.6) is 0 Å². The summed E-state index contributed by atoms with van der Waals surface area (Å²) in [5, 5.41) is 8.85. The van der Waals surface area contributed by atoms with Gasteiger partial charge in [0.1, 0.15) is 0 Å². The Morgan fingerprint density at radius 3 is 2.71 bits per heavy atom. The van der Waals surface area contributed by atoms with Crippen molar-refractivity contribution in [3.8, 4) is 0 Å². The summed E-state index contributed by atoms with van der Waals surface area (Å²) in [4.78, 5) is 14.1. The molecule has 1 saturated heterocycles. The molecule has 3 rings (SSSR count). The molecule has 6 heteroatoms. The summed E-state index contributed by atoms with van der Waals surface area (Å²) >= 11 is 2.28. The minimum absolute atomic E-state index is 0.0471. The fourth-order valence-electron chi connectivity index (χ4n) is 2.69. The van der Waals surface area contributed by atoms with Crippen LogP contribution in [0.25, 0.3) is 0 Å². The number of carbonyl (C=O) groups is 1. The Balaban J connectivity index is 1.71. The van der Waals surface area contributed by atoms with Gasteiger partial charge in [-0.2, -0.15) is 0 Å². The van der Waals surface area contributed by atoms with Gasteiger partial charge in [0.2, 0.25) is 6.29 Å². The van der Waals surface area contributed by atoms with E-state index in [1.807, 2.05) is 6.08 Å². The van der Waals surface area contributed by atoms with Gasteiger partial charge in [0.25, 0.3) is 5.91 Å². The SMILES string of the molecule is O=C(C1=C[C@H](c2ccc(I)cc2)C[C@H](OCCCCO)O1)N1CC1. The topological polar surface area (TPSA) is 58.8 Å². The van der Waals surface area contributed by atoms with E-state index < -0.39 is 6.29 Å². The Bertz CT molecular complexity index is 598. The second-order valence-corrected chi connectivity index (χ2v) is 7.31. The fourth-order valence-corrected chi connectivity index (χ4v) is 3.05. The van der Waals surface area contributed by atoms with Crippen LogP contribution in [0.1, 0.15) is 30.7 Å². The predicted molar refractivity (Wildman–Crippen MR) is 98.3 cm³/mol. The highest BCUT2D eigenvalue weighted by Gasteiger charge is 2.34. The van der Waals surface area contributed by atoms with Gasteiger partial charge in [-0.1, -0.05) is 12.1 Å². The molecule has 2 atom stereocenters. The number of allylic oxidation sites excluding steroid dienone is 1. The standard InChI is InChI=1S/C18H22INO4/c19-15-5-3-13(4-6-15)14-11-16(18(22)20-7-8-20)24-17(12-14)23-10-2-1-9-21/h3-6,11,14,17,21H,1-2,7-10,12H2/t14-,17+/m0/s1. The van der Waals surface area contributed by atoms with E-state index in [0.29, 0.717) is 25.2 Å². The van der Waals surface area contributed by atoms with Crippen molar-refractivity contribution >= 4 is 28.5 Å². The third-order valence-electron chi connectivity index (χ3n) is 4.16. The molecule has 130 valence electrons. The van der Waals surface area contributed by atoms with Crippen LogP contribution in [0.4, 0.5) is 0 Å². The normalized spacial score (nSPS) is 22.8. The molecule has 0 radical (unpaired) electrons. The number of halogens is 1. The number of unbranched alkanes of at least 4 members (excludes halogenated alkanes) is 1. The number of aliphatic hydroxyl groups excluding tert-OH is 1. The summed E-state index contributed by atoms with van der Waals surface area (Å²) in [6, 6.07) is 8.33. The third kappa shape index (κ3) is 4.70. The van der Waals surface area contributed by atoms with Crippen molar-refractivity contribution in [1.82, 2.24) is 4.90 Å². The molecule has 1 amide bonds. The van der Waals surface area contributed by atoms with Crippen LogP contribution < -0.4 is 0 Å². The van der Waals surface area contributed by atoms with Crippen LogP contribution >= 0.6 is 22.6 Å². The predicted octanol–water partition coefficient (Wildman–Crippen LogP) is 2.64. The first kappa shape index (κ1) is 17.7.